The van der Waals surface area contributed by atoms with Crippen molar-refractivity contribution in [3.63, 3.8) is 0 Å². The van der Waals surface area contributed by atoms with Gasteiger partial charge in [0.05, 0.1) is 41.7 Å². The lowest BCUT2D eigenvalue weighted by atomic mass is 10.1. The lowest BCUT2D eigenvalue weighted by Gasteiger charge is -2.20. The molecule has 0 spiro atoms. The number of methoxy groups -OCH3 is 1. The van der Waals surface area contributed by atoms with Gasteiger partial charge in [-0.05, 0) is 55.8 Å². The first-order valence-corrected chi connectivity index (χ1v) is 13.5. The summed E-state index contributed by atoms with van der Waals surface area (Å²) in [7, 11) is 1.56. The fourth-order valence-electron chi connectivity index (χ4n) is 4.24. The van der Waals surface area contributed by atoms with Gasteiger partial charge in [-0.25, -0.2) is 9.97 Å². The van der Waals surface area contributed by atoms with Crippen molar-refractivity contribution in [3.8, 4) is 16.3 Å². The van der Waals surface area contributed by atoms with Crippen molar-refractivity contribution in [3.05, 3.63) is 89.4 Å². The molecular weight excluding hydrogens is 526 g/mol. The van der Waals surface area contributed by atoms with Gasteiger partial charge in [-0.1, -0.05) is 30.3 Å². The van der Waals surface area contributed by atoms with Crippen LogP contribution in [0.2, 0.25) is 0 Å². The van der Waals surface area contributed by atoms with Gasteiger partial charge in [-0.3, -0.25) is 14.9 Å². The molecule has 3 aromatic heterocycles. The summed E-state index contributed by atoms with van der Waals surface area (Å²) in [5.41, 5.74) is 2.56. The van der Waals surface area contributed by atoms with E-state index in [4.69, 9.17) is 4.74 Å². The number of amides is 1. The summed E-state index contributed by atoms with van der Waals surface area (Å²) < 4.78 is 6.99. The third-order valence-corrected chi connectivity index (χ3v) is 7.26. The molecule has 0 aliphatic heterocycles. The number of Topliss-reactive ketones (excluding diaryl/α,β-unsaturated/α-hetero) is 1. The number of nitrogens with one attached hydrogen (secondary N) is 2. The van der Waals surface area contributed by atoms with Gasteiger partial charge in [0.1, 0.15) is 0 Å². The first-order valence-electron chi connectivity index (χ1n) is 12.7. The molecule has 0 atom stereocenters. The van der Waals surface area contributed by atoms with Gasteiger partial charge in [0.2, 0.25) is 11.8 Å². The number of aliphatic hydroxyl groups is 1. The molecule has 9 nitrogen and oxygen atoms in total. The number of carbonyl (C=O) groups is 2. The molecule has 0 aliphatic rings. The number of aromatic nitrogens is 3. The molecule has 0 bridgehead atoms. The van der Waals surface area contributed by atoms with Crippen molar-refractivity contribution in [2.75, 3.05) is 24.3 Å². The zero-order chi connectivity index (χ0) is 28.3. The maximum absolute atomic E-state index is 13.3. The number of imidazole rings is 1. The van der Waals surface area contributed by atoms with Gasteiger partial charge < -0.3 is 19.7 Å². The highest BCUT2D eigenvalue weighted by Gasteiger charge is 2.22. The summed E-state index contributed by atoms with van der Waals surface area (Å²) >= 11 is 1.34. The minimum Gasteiger partial charge on any atom is -0.481 e. The number of carbonyl (C=O) groups excluding carboxylic acids is 2. The zero-order valence-electron chi connectivity index (χ0n) is 22.3. The number of hydrogen-bond donors (Lipinski definition) is 3. The van der Waals surface area contributed by atoms with Gasteiger partial charge in [-0.15, -0.1) is 11.3 Å². The summed E-state index contributed by atoms with van der Waals surface area (Å²) in [5.74, 6) is 0.480. The van der Waals surface area contributed by atoms with Gasteiger partial charge in [0.25, 0.3) is 5.91 Å². The first kappa shape index (κ1) is 27.0. The zero-order valence-corrected chi connectivity index (χ0v) is 23.2. The largest absolute Gasteiger partial charge is 0.481 e. The van der Waals surface area contributed by atoms with Gasteiger partial charge in [-0.2, -0.15) is 0 Å². The summed E-state index contributed by atoms with van der Waals surface area (Å²) in [6.45, 7) is 3.74. The standard InChI is InChI=1S/C30H29N5O4S/c1-30(2,38)18-35-23-10-9-21(32-17-24(36)19-7-5-4-6-8-19)16-22(23)33-29(35)34-28(37)26-12-11-25(40-26)20-13-14-31-27(15-20)39-3/h4-16,32,38H,17-18H2,1-3H3,(H,33,34,37). The van der Waals surface area contributed by atoms with Crippen LogP contribution in [0.3, 0.4) is 0 Å². The molecule has 0 saturated heterocycles. The Balaban J connectivity index is 1.38. The fourth-order valence-corrected chi connectivity index (χ4v) is 5.14. The van der Waals surface area contributed by atoms with E-state index >= 15 is 0 Å². The van der Waals surface area contributed by atoms with E-state index in [0.29, 0.717) is 27.8 Å². The average Bonchev–Trinajstić information content (AvgIpc) is 3.57. The molecule has 204 valence electrons. The lowest BCUT2D eigenvalue weighted by Crippen LogP contribution is -2.27. The first-order chi connectivity index (χ1) is 19.2. The van der Waals surface area contributed by atoms with E-state index in [1.165, 1.54) is 11.3 Å². The third-order valence-electron chi connectivity index (χ3n) is 6.13. The van der Waals surface area contributed by atoms with E-state index in [2.05, 4.69) is 20.6 Å². The van der Waals surface area contributed by atoms with E-state index < -0.39 is 5.60 Å². The van der Waals surface area contributed by atoms with Crippen LogP contribution in [0.4, 0.5) is 11.6 Å². The molecule has 3 N–H and O–H groups in total. The number of anilines is 2. The van der Waals surface area contributed by atoms with Crippen LogP contribution in [0.25, 0.3) is 21.5 Å². The minimum atomic E-state index is -1.05. The molecule has 40 heavy (non-hydrogen) atoms. The lowest BCUT2D eigenvalue weighted by molar-refractivity contribution is 0.0630. The molecule has 0 fully saturated rings. The molecule has 0 unspecified atom stereocenters. The number of fused-ring (bicyclic) bond motifs is 1. The number of pyridine rings is 1. The van der Waals surface area contributed by atoms with Crippen molar-refractivity contribution in [2.24, 2.45) is 0 Å². The smallest absolute Gasteiger partial charge is 0.268 e. The van der Waals surface area contributed by atoms with Gasteiger partial charge in [0.15, 0.2) is 5.78 Å². The normalized spacial score (nSPS) is 11.4. The molecule has 10 heteroatoms. The highest BCUT2D eigenvalue weighted by atomic mass is 32.1. The number of benzene rings is 2. The van der Waals surface area contributed by atoms with Crippen LogP contribution in [0, 0.1) is 0 Å². The second-order valence-corrected chi connectivity index (χ2v) is 11.0. The quantitative estimate of drug-likeness (QED) is 0.195. The van der Waals surface area contributed by atoms with Gasteiger partial charge >= 0.3 is 0 Å². The van der Waals surface area contributed by atoms with E-state index in [1.54, 1.807) is 49.9 Å². The van der Waals surface area contributed by atoms with Crippen LogP contribution in [-0.4, -0.2) is 50.6 Å². The molecular formula is C30H29N5O4S. The van der Waals surface area contributed by atoms with E-state index in [1.807, 2.05) is 54.6 Å². The molecule has 2 aromatic carbocycles. The summed E-state index contributed by atoms with van der Waals surface area (Å²) in [5, 5.41) is 16.7. The number of ether oxygens (including phenoxy) is 1. The summed E-state index contributed by atoms with van der Waals surface area (Å²) in [6.07, 6.45) is 1.66. The van der Waals surface area contributed by atoms with Crippen LogP contribution >= 0.6 is 11.3 Å². The average molecular weight is 556 g/mol. The summed E-state index contributed by atoms with van der Waals surface area (Å²) in [4.78, 5) is 36.0. The molecule has 0 aliphatic carbocycles. The number of thiophene rings is 1. The highest BCUT2D eigenvalue weighted by Crippen LogP contribution is 2.31. The van der Waals surface area contributed by atoms with Crippen LogP contribution in [0.5, 0.6) is 5.88 Å². The number of ketones is 1. The van der Waals surface area contributed by atoms with Crippen molar-refractivity contribution in [1.82, 2.24) is 14.5 Å². The molecule has 0 saturated carbocycles. The Kier molecular flexibility index (Phi) is 7.63. The molecule has 3 heterocycles. The predicted octanol–water partition coefficient (Wildman–Crippen LogP) is 5.49. The topological polar surface area (TPSA) is 118 Å². The Morgan fingerprint density at radius 3 is 2.60 bits per heavy atom. The Bertz CT molecular complexity index is 1670. The fraction of sp³-hybridized carbons (Fsp3) is 0.200. The van der Waals surface area contributed by atoms with Crippen LogP contribution in [0.1, 0.15) is 33.9 Å². The minimum absolute atomic E-state index is 0.0262. The Morgan fingerprint density at radius 2 is 1.85 bits per heavy atom. The van der Waals surface area contributed by atoms with Crippen molar-refractivity contribution in [2.45, 2.75) is 26.0 Å². The number of rotatable bonds is 10. The Morgan fingerprint density at radius 1 is 1.05 bits per heavy atom. The van der Waals surface area contributed by atoms with Crippen LogP contribution < -0.4 is 15.4 Å². The van der Waals surface area contributed by atoms with E-state index in [9.17, 15) is 14.7 Å². The highest BCUT2D eigenvalue weighted by molar-refractivity contribution is 7.17. The predicted molar refractivity (Wildman–Crippen MR) is 157 cm³/mol. The van der Waals surface area contributed by atoms with Crippen molar-refractivity contribution < 1.29 is 19.4 Å². The van der Waals surface area contributed by atoms with E-state index in [0.717, 1.165) is 21.6 Å². The SMILES string of the molecule is COc1cc(-c2ccc(C(=O)Nc3nc4cc(NCC(=O)c5ccccc5)ccc4n3CC(C)(C)O)s2)ccn1. The second kappa shape index (κ2) is 11.3. The maximum Gasteiger partial charge on any atom is 0.268 e. The van der Waals surface area contributed by atoms with Crippen LogP contribution in [-0.2, 0) is 6.54 Å². The van der Waals surface area contributed by atoms with Crippen molar-refractivity contribution in [1.29, 1.82) is 0 Å². The molecule has 1 amide bonds. The number of hydrogen-bond acceptors (Lipinski definition) is 8. The Labute approximate surface area is 235 Å². The monoisotopic (exact) mass is 555 g/mol. The molecule has 5 aromatic rings. The third kappa shape index (κ3) is 6.19. The van der Waals surface area contributed by atoms with Gasteiger partial charge in [0, 0.05) is 28.4 Å². The summed E-state index contributed by atoms with van der Waals surface area (Å²) in [6, 6.07) is 21.9. The van der Waals surface area contributed by atoms with Crippen LogP contribution in [0.15, 0.2) is 79.0 Å². The second-order valence-electron chi connectivity index (χ2n) is 9.89. The van der Waals surface area contributed by atoms with Crippen molar-refractivity contribution >= 4 is 45.7 Å². The maximum atomic E-state index is 13.3. The van der Waals surface area contributed by atoms with E-state index in [-0.39, 0.29) is 24.8 Å². The molecule has 0 radical (unpaired) electrons. The Hall–Kier alpha value is -4.54. The molecule has 5 rings (SSSR count). The number of nitrogens with zero attached hydrogens (tertiary/aromatic N) is 3.